The molecule has 2 N–H and O–H groups in total. The molecule has 1 aromatic carbocycles. The Balaban J connectivity index is 1.59. The van der Waals surface area contributed by atoms with Gasteiger partial charge in [-0.25, -0.2) is 9.78 Å². The number of carbonyl (C=O) groups is 5. The second-order valence-electron chi connectivity index (χ2n) is 11.2. The number of pyridine rings is 1. The fourth-order valence-electron chi connectivity index (χ4n) is 5.52. The van der Waals surface area contributed by atoms with Gasteiger partial charge in [0.15, 0.2) is 5.78 Å². The Morgan fingerprint density at radius 1 is 1.02 bits per heavy atom. The lowest BCUT2D eigenvalue weighted by Gasteiger charge is -2.57. The number of esters is 1. The van der Waals surface area contributed by atoms with E-state index < -0.39 is 79.2 Å². The summed E-state index contributed by atoms with van der Waals surface area (Å²) in [6.45, 7) is 1.77. The molecule has 1 amide bonds. The maximum absolute atomic E-state index is 13.7. The van der Waals surface area contributed by atoms with Gasteiger partial charge in [-0.3, -0.25) is 19.2 Å². The lowest BCUT2D eigenvalue weighted by Crippen LogP contribution is -2.69. The summed E-state index contributed by atoms with van der Waals surface area (Å²) in [5.41, 5.74) is -0.567. The van der Waals surface area contributed by atoms with Crippen molar-refractivity contribution in [3.63, 3.8) is 0 Å². The highest BCUT2D eigenvalue weighted by molar-refractivity contribution is 6.67. The highest BCUT2D eigenvalue weighted by Gasteiger charge is 2.62. The summed E-state index contributed by atoms with van der Waals surface area (Å²) < 4.78 is 21.8. The quantitative estimate of drug-likeness (QED) is 0.295. The van der Waals surface area contributed by atoms with Crippen LogP contribution in [0, 0.1) is 5.92 Å². The number of nitrogens with zero attached hydrogens (tertiary/aromatic N) is 1. The first-order valence-corrected chi connectivity index (χ1v) is 13.8. The molecule has 0 radical (unpaired) electrons. The number of carbonyl (C=O) groups excluding carboxylic acids is 5. The van der Waals surface area contributed by atoms with Crippen molar-refractivity contribution in [1.29, 1.82) is 0 Å². The zero-order chi connectivity index (χ0) is 30.7. The SMILES string of the molecule is COC(=O)C12CC(=O)O[B-](C(CC(=O)[C@@H](NC(=O)c3cccc(-c4ccccc4)n3)[C@@H](C)O)CC(C)C)(OC(=O)C1)O2. The summed E-state index contributed by atoms with van der Waals surface area (Å²) in [7, 11) is 1.10. The van der Waals surface area contributed by atoms with Crippen LogP contribution in [0.5, 0.6) is 0 Å². The molecule has 1 aromatic heterocycles. The zero-order valence-electron chi connectivity index (χ0n) is 23.9. The third-order valence-electron chi connectivity index (χ3n) is 7.38. The summed E-state index contributed by atoms with van der Waals surface area (Å²) in [4.78, 5) is 69.3. The Kier molecular flexibility index (Phi) is 9.12. The van der Waals surface area contributed by atoms with Gasteiger partial charge in [-0.15, -0.1) is 0 Å². The number of aromatic nitrogens is 1. The number of methoxy groups -OCH3 is 1. The van der Waals surface area contributed by atoms with E-state index in [0.29, 0.717) is 5.69 Å². The molecule has 42 heavy (non-hydrogen) atoms. The number of ketones is 1. The molecule has 4 rings (SSSR count). The van der Waals surface area contributed by atoms with Gasteiger partial charge in [-0.05, 0) is 31.4 Å². The molecule has 1 unspecified atom stereocenters. The fourth-order valence-corrected chi connectivity index (χ4v) is 5.52. The summed E-state index contributed by atoms with van der Waals surface area (Å²) in [6.07, 6.45) is -2.65. The number of fused-ring (bicyclic) bond motifs is 2. The molecule has 2 aliphatic rings. The summed E-state index contributed by atoms with van der Waals surface area (Å²) in [6, 6.07) is 12.7. The van der Waals surface area contributed by atoms with Crippen LogP contribution >= 0.6 is 0 Å². The molecular weight excluding hydrogens is 547 g/mol. The molecule has 0 saturated carbocycles. The van der Waals surface area contributed by atoms with Crippen molar-refractivity contribution < 1.29 is 47.8 Å². The van der Waals surface area contributed by atoms with Crippen molar-refractivity contribution in [2.45, 2.75) is 70.0 Å². The highest BCUT2D eigenvalue weighted by atomic mass is 16.8. The van der Waals surface area contributed by atoms with Crippen LogP contribution in [0.25, 0.3) is 11.3 Å². The number of benzene rings is 1. The predicted molar refractivity (Wildman–Crippen MR) is 148 cm³/mol. The first-order valence-electron chi connectivity index (χ1n) is 13.8. The van der Waals surface area contributed by atoms with Gasteiger partial charge >= 0.3 is 12.7 Å². The van der Waals surface area contributed by atoms with E-state index in [0.717, 1.165) is 12.7 Å². The number of ether oxygens (including phenoxy) is 1. The van der Waals surface area contributed by atoms with Gasteiger partial charge in [-0.2, -0.15) is 0 Å². The maximum Gasteiger partial charge on any atom is 0.499 e. The van der Waals surface area contributed by atoms with Gasteiger partial charge in [0.05, 0.1) is 31.7 Å². The average Bonchev–Trinajstić information content (AvgIpc) is 2.94. The number of Topliss-reactive ketones (excluding diaryl/α,β-unsaturated/α-hetero) is 1. The van der Waals surface area contributed by atoms with E-state index in [1.54, 1.807) is 12.1 Å². The molecule has 2 bridgehead atoms. The van der Waals surface area contributed by atoms with Crippen molar-refractivity contribution in [3.05, 3.63) is 54.2 Å². The molecule has 2 saturated heterocycles. The minimum atomic E-state index is -3.25. The van der Waals surface area contributed by atoms with Gasteiger partial charge in [0, 0.05) is 5.56 Å². The Labute approximate surface area is 243 Å². The van der Waals surface area contributed by atoms with Gasteiger partial charge in [0.2, 0.25) is 0 Å². The predicted octanol–water partition coefficient (Wildman–Crippen LogP) is 2.36. The van der Waals surface area contributed by atoms with Crippen molar-refractivity contribution in [3.8, 4) is 11.3 Å². The molecule has 3 heterocycles. The largest absolute Gasteiger partial charge is 0.633 e. The molecule has 0 spiro atoms. The van der Waals surface area contributed by atoms with Crippen molar-refractivity contribution >= 4 is 36.4 Å². The Hall–Kier alpha value is -4.10. The van der Waals surface area contributed by atoms with Crippen LogP contribution in [0.1, 0.15) is 56.9 Å². The number of amides is 1. The molecule has 2 aromatic rings. The van der Waals surface area contributed by atoms with Crippen LogP contribution in [-0.4, -0.2) is 71.3 Å². The van der Waals surface area contributed by atoms with Crippen LogP contribution in [0.3, 0.4) is 0 Å². The number of hydrogen-bond donors (Lipinski definition) is 2. The van der Waals surface area contributed by atoms with Crippen molar-refractivity contribution in [2.75, 3.05) is 7.11 Å². The molecule has 13 heteroatoms. The third-order valence-corrected chi connectivity index (χ3v) is 7.38. The van der Waals surface area contributed by atoms with Crippen molar-refractivity contribution in [1.82, 2.24) is 10.3 Å². The number of hydrogen-bond acceptors (Lipinski definition) is 11. The second-order valence-corrected chi connectivity index (χ2v) is 11.2. The normalized spacial score (nSPS) is 23.7. The van der Waals surface area contributed by atoms with E-state index in [9.17, 15) is 29.1 Å². The molecule has 2 fully saturated rings. The van der Waals surface area contributed by atoms with Crippen molar-refractivity contribution in [2.24, 2.45) is 5.92 Å². The van der Waals surface area contributed by atoms with Crippen LogP contribution in [0.4, 0.5) is 0 Å². The van der Waals surface area contributed by atoms with E-state index in [1.807, 2.05) is 44.2 Å². The lowest BCUT2D eigenvalue weighted by molar-refractivity contribution is -0.195. The topological polar surface area (TPSA) is 167 Å². The van der Waals surface area contributed by atoms with Gasteiger partial charge in [0.25, 0.3) is 17.8 Å². The van der Waals surface area contributed by atoms with Crippen LogP contribution < -0.4 is 5.32 Å². The monoisotopic (exact) mass is 581 g/mol. The number of aliphatic hydroxyl groups is 1. The molecule has 0 aliphatic carbocycles. The molecule has 224 valence electrons. The Morgan fingerprint density at radius 2 is 1.67 bits per heavy atom. The Morgan fingerprint density at radius 3 is 2.24 bits per heavy atom. The van der Waals surface area contributed by atoms with Gasteiger partial charge in [-0.1, -0.05) is 62.5 Å². The molecular formula is C29H34BN2O10-. The number of rotatable bonds is 11. The fraction of sp³-hybridized carbons (Fsp3) is 0.448. The summed E-state index contributed by atoms with van der Waals surface area (Å²) in [5, 5.41) is 13.1. The summed E-state index contributed by atoms with van der Waals surface area (Å²) >= 11 is 0. The smallest absolute Gasteiger partial charge is 0.499 e. The number of nitrogens with one attached hydrogen (secondary N) is 1. The van der Waals surface area contributed by atoms with E-state index in [1.165, 1.54) is 13.0 Å². The van der Waals surface area contributed by atoms with Crippen LogP contribution in [0.2, 0.25) is 5.82 Å². The standard InChI is InChI=1S/C29H34BN2O10/c1-17(2)13-20(30-40-24(35)15-29(42-30,28(38)39-4)16-25(36)41-30)14-23(34)26(18(3)33)32-27(37)22-12-8-11-21(31-22)19-9-6-5-7-10-19/h5-12,17-18,20,26,33H,13-16H2,1-4H3,(H,32,37)/q-1/t18-,20?,26+,29?,30?/m1/s1. The third kappa shape index (κ3) is 6.52. The van der Waals surface area contributed by atoms with Gasteiger partial charge < -0.3 is 29.1 Å². The zero-order valence-corrected chi connectivity index (χ0v) is 23.9. The number of aliphatic hydroxyl groups excluding tert-OH is 1. The van der Waals surface area contributed by atoms with E-state index in [-0.39, 0.29) is 18.0 Å². The average molecular weight is 581 g/mol. The lowest BCUT2D eigenvalue weighted by atomic mass is 9.55. The van der Waals surface area contributed by atoms with Crippen LogP contribution in [0.15, 0.2) is 48.5 Å². The Bertz CT molecular complexity index is 1340. The highest BCUT2D eigenvalue weighted by Crippen LogP contribution is 2.46. The minimum Gasteiger partial charge on any atom is -0.633 e. The molecule has 3 atom stereocenters. The first-order chi connectivity index (χ1) is 19.9. The first kappa shape index (κ1) is 30.9. The van der Waals surface area contributed by atoms with Gasteiger partial charge in [0.1, 0.15) is 17.3 Å². The maximum atomic E-state index is 13.7. The van der Waals surface area contributed by atoms with Crippen LogP contribution in [-0.2, 0) is 37.9 Å². The van der Waals surface area contributed by atoms with E-state index in [2.05, 4.69) is 10.3 Å². The molecule has 2 aliphatic heterocycles. The van der Waals surface area contributed by atoms with E-state index in [4.69, 9.17) is 18.7 Å². The second kappa shape index (κ2) is 12.4. The summed E-state index contributed by atoms with van der Waals surface area (Å²) in [5.74, 6) is -5.06. The molecule has 12 nitrogen and oxygen atoms in total. The van der Waals surface area contributed by atoms with E-state index >= 15 is 0 Å². The minimum absolute atomic E-state index is 0.0324.